The molecular formula is C23H38IN5O2. The number of pyridine rings is 1. The minimum atomic E-state index is 0. The zero-order chi connectivity index (χ0) is 21.0. The Balaban J connectivity index is 0.00000272. The van der Waals surface area contributed by atoms with Gasteiger partial charge in [-0.05, 0) is 57.7 Å². The standard InChI is InChI=1S/C23H37N5O2.HI/c1-4-24-22(27-19-14-20(29-5-2)23(19)8-6-9-23)26-15-18-7-10-25-21(13-18)28-11-12-30-17(3)16-28;/h7,10,13,17,19-20H,4-6,8-9,11-12,14-16H2,1-3H3,(H2,24,26,27);1H. The monoisotopic (exact) mass is 543 g/mol. The van der Waals surface area contributed by atoms with Crippen LogP contribution in [0.5, 0.6) is 0 Å². The lowest BCUT2D eigenvalue weighted by Crippen LogP contribution is -2.68. The molecule has 0 radical (unpaired) electrons. The van der Waals surface area contributed by atoms with Gasteiger partial charge in [-0.15, -0.1) is 24.0 Å². The molecule has 3 aliphatic rings. The Kier molecular flexibility index (Phi) is 8.81. The highest BCUT2D eigenvalue weighted by Crippen LogP contribution is 2.57. The lowest BCUT2D eigenvalue weighted by atomic mass is 9.51. The molecule has 8 heteroatoms. The molecule has 1 saturated heterocycles. The van der Waals surface area contributed by atoms with Crippen molar-refractivity contribution in [2.45, 2.75) is 71.2 Å². The fourth-order valence-corrected chi connectivity index (χ4v) is 5.05. The first-order valence-corrected chi connectivity index (χ1v) is 11.6. The van der Waals surface area contributed by atoms with Gasteiger partial charge in [-0.2, -0.15) is 0 Å². The van der Waals surface area contributed by atoms with Gasteiger partial charge in [-0.25, -0.2) is 9.98 Å². The number of ether oxygens (including phenoxy) is 2. The minimum absolute atomic E-state index is 0. The van der Waals surface area contributed by atoms with E-state index in [1.54, 1.807) is 0 Å². The van der Waals surface area contributed by atoms with E-state index in [0.29, 0.717) is 24.1 Å². The molecule has 3 unspecified atom stereocenters. The lowest BCUT2D eigenvalue weighted by molar-refractivity contribution is -0.168. The number of nitrogens with one attached hydrogen (secondary N) is 2. The number of morpholine rings is 1. The van der Waals surface area contributed by atoms with E-state index in [1.807, 2.05) is 6.20 Å². The second-order valence-electron chi connectivity index (χ2n) is 8.81. The smallest absolute Gasteiger partial charge is 0.191 e. The van der Waals surface area contributed by atoms with Gasteiger partial charge >= 0.3 is 0 Å². The third kappa shape index (κ3) is 5.45. The normalized spacial score (nSPS) is 27.1. The molecule has 4 rings (SSSR count). The number of hydrogen-bond acceptors (Lipinski definition) is 5. The highest BCUT2D eigenvalue weighted by molar-refractivity contribution is 14.0. The van der Waals surface area contributed by atoms with Crippen molar-refractivity contribution < 1.29 is 9.47 Å². The predicted octanol–water partition coefficient (Wildman–Crippen LogP) is 3.33. The van der Waals surface area contributed by atoms with Gasteiger partial charge < -0.3 is 25.0 Å². The average molecular weight is 543 g/mol. The summed E-state index contributed by atoms with van der Waals surface area (Å²) in [6.07, 6.45) is 7.47. The van der Waals surface area contributed by atoms with Crippen molar-refractivity contribution in [1.29, 1.82) is 0 Å². The van der Waals surface area contributed by atoms with E-state index in [0.717, 1.165) is 51.0 Å². The van der Waals surface area contributed by atoms with E-state index in [2.05, 4.69) is 53.4 Å². The number of anilines is 1. The van der Waals surface area contributed by atoms with Gasteiger partial charge in [-0.1, -0.05) is 6.42 Å². The Bertz CT molecular complexity index is 742. The highest BCUT2D eigenvalue weighted by Gasteiger charge is 2.59. The highest BCUT2D eigenvalue weighted by atomic mass is 127. The molecule has 1 aromatic rings. The molecule has 0 aromatic carbocycles. The first kappa shape index (κ1) is 24.5. The molecule has 2 saturated carbocycles. The lowest BCUT2D eigenvalue weighted by Gasteiger charge is -2.61. The van der Waals surface area contributed by atoms with Crippen LogP contribution in [0, 0.1) is 5.41 Å². The Morgan fingerprint density at radius 1 is 1.39 bits per heavy atom. The number of nitrogens with zero attached hydrogens (tertiary/aromatic N) is 3. The molecule has 3 fully saturated rings. The summed E-state index contributed by atoms with van der Waals surface area (Å²) >= 11 is 0. The van der Waals surface area contributed by atoms with Gasteiger partial charge in [0.25, 0.3) is 0 Å². The fourth-order valence-electron chi connectivity index (χ4n) is 5.05. The van der Waals surface area contributed by atoms with Crippen molar-refractivity contribution in [2.75, 3.05) is 37.7 Å². The van der Waals surface area contributed by atoms with Crippen LogP contribution >= 0.6 is 24.0 Å². The quantitative estimate of drug-likeness (QED) is 0.313. The molecule has 0 amide bonds. The second-order valence-corrected chi connectivity index (χ2v) is 8.81. The van der Waals surface area contributed by atoms with Gasteiger partial charge in [0.05, 0.1) is 25.4 Å². The van der Waals surface area contributed by atoms with Crippen LogP contribution < -0.4 is 15.5 Å². The molecule has 1 spiro atoms. The molecule has 174 valence electrons. The van der Waals surface area contributed by atoms with Crippen molar-refractivity contribution >= 4 is 35.8 Å². The Labute approximate surface area is 203 Å². The third-order valence-corrected chi connectivity index (χ3v) is 6.89. The maximum Gasteiger partial charge on any atom is 0.191 e. The number of aromatic nitrogens is 1. The summed E-state index contributed by atoms with van der Waals surface area (Å²) in [6, 6.07) is 4.68. The van der Waals surface area contributed by atoms with Crippen molar-refractivity contribution in [2.24, 2.45) is 10.4 Å². The number of guanidine groups is 1. The molecular weight excluding hydrogens is 505 g/mol. The van der Waals surface area contributed by atoms with E-state index in [9.17, 15) is 0 Å². The molecule has 1 aliphatic heterocycles. The first-order valence-electron chi connectivity index (χ1n) is 11.6. The van der Waals surface area contributed by atoms with Crippen LogP contribution in [0.15, 0.2) is 23.3 Å². The SMILES string of the molecule is CCNC(=NCc1ccnc(N2CCOC(C)C2)c1)NC1CC(OCC)C12CCC2.I. The van der Waals surface area contributed by atoms with E-state index in [1.165, 1.54) is 24.8 Å². The van der Waals surface area contributed by atoms with Crippen molar-refractivity contribution in [3.63, 3.8) is 0 Å². The van der Waals surface area contributed by atoms with Gasteiger partial charge in [0, 0.05) is 43.9 Å². The van der Waals surface area contributed by atoms with Crippen molar-refractivity contribution in [1.82, 2.24) is 15.6 Å². The zero-order valence-electron chi connectivity index (χ0n) is 19.1. The summed E-state index contributed by atoms with van der Waals surface area (Å²) in [6.45, 7) is 11.1. The van der Waals surface area contributed by atoms with Crippen LogP contribution in [-0.4, -0.2) is 62.0 Å². The summed E-state index contributed by atoms with van der Waals surface area (Å²) < 4.78 is 11.6. The van der Waals surface area contributed by atoms with Gasteiger partial charge in [0.15, 0.2) is 5.96 Å². The van der Waals surface area contributed by atoms with E-state index in [-0.39, 0.29) is 30.1 Å². The third-order valence-electron chi connectivity index (χ3n) is 6.89. The van der Waals surface area contributed by atoms with E-state index < -0.39 is 0 Å². The van der Waals surface area contributed by atoms with E-state index in [4.69, 9.17) is 14.5 Å². The number of rotatable bonds is 7. The van der Waals surface area contributed by atoms with Crippen LogP contribution in [0.3, 0.4) is 0 Å². The molecule has 2 N–H and O–H groups in total. The van der Waals surface area contributed by atoms with Crippen LogP contribution in [-0.2, 0) is 16.0 Å². The average Bonchev–Trinajstić information content (AvgIpc) is 2.70. The summed E-state index contributed by atoms with van der Waals surface area (Å²) in [4.78, 5) is 11.8. The van der Waals surface area contributed by atoms with Gasteiger partial charge in [0.2, 0.25) is 0 Å². The second kappa shape index (κ2) is 11.1. The molecule has 3 atom stereocenters. The molecule has 31 heavy (non-hydrogen) atoms. The zero-order valence-corrected chi connectivity index (χ0v) is 21.4. The molecule has 1 aromatic heterocycles. The molecule has 0 bridgehead atoms. The van der Waals surface area contributed by atoms with Crippen LogP contribution in [0.25, 0.3) is 0 Å². The predicted molar refractivity (Wildman–Crippen MR) is 135 cm³/mol. The Hall–Kier alpha value is -1.13. The van der Waals surface area contributed by atoms with Crippen molar-refractivity contribution in [3.05, 3.63) is 23.9 Å². The maximum atomic E-state index is 5.99. The van der Waals surface area contributed by atoms with Crippen LogP contribution in [0.2, 0.25) is 0 Å². The van der Waals surface area contributed by atoms with Gasteiger partial charge in [-0.3, -0.25) is 0 Å². The topological polar surface area (TPSA) is 71.0 Å². The first-order chi connectivity index (χ1) is 14.6. The Morgan fingerprint density at radius 2 is 2.23 bits per heavy atom. The van der Waals surface area contributed by atoms with E-state index >= 15 is 0 Å². The summed E-state index contributed by atoms with van der Waals surface area (Å²) in [5.74, 6) is 1.92. The maximum absolute atomic E-state index is 5.99. The van der Waals surface area contributed by atoms with Crippen LogP contribution in [0.4, 0.5) is 5.82 Å². The number of halogens is 1. The summed E-state index contributed by atoms with van der Waals surface area (Å²) in [5.41, 5.74) is 1.50. The van der Waals surface area contributed by atoms with Gasteiger partial charge in [0.1, 0.15) is 5.82 Å². The largest absolute Gasteiger partial charge is 0.378 e. The number of hydrogen-bond donors (Lipinski definition) is 2. The molecule has 2 heterocycles. The minimum Gasteiger partial charge on any atom is -0.378 e. The van der Waals surface area contributed by atoms with Crippen LogP contribution in [0.1, 0.15) is 52.0 Å². The van der Waals surface area contributed by atoms with Crippen molar-refractivity contribution in [3.8, 4) is 0 Å². The molecule has 7 nitrogen and oxygen atoms in total. The number of aliphatic imine (C=N–C) groups is 1. The summed E-state index contributed by atoms with van der Waals surface area (Å²) in [7, 11) is 0. The Morgan fingerprint density at radius 3 is 2.90 bits per heavy atom. The molecule has 2 aliphatic carbocycles. The fraction of sp³-hybridized carbons (Fsp3) is 0.739. The summed E-state index contributed by atoms with van der Waals surface area (Å²) in [5, 5.41) is 7.13.